The van der Waals surface area contributed by atoms with E-state index in [9.17, 15) is 13.6 Å². The van der Waals surface area contributed by atoms with E-state index in [1.807, 2.05) is 19.1 Å². The Morgan fingerprint density at radius 2 is 2.09 bits per heavy atom. The molecule has 0 saturated carbocycles. The van der Waals surface area contributed by atoms with Crippen LogP contribution in [0.4, 0.5) is 8.78 Å². The summed E-state index contributed by atoms with van der Waals surface area (Å²) in [5, 5.41) is 4.98. The van der Waals surface area contributed by atoms with Gasteiger partial charge < -0.3 is 4.90 Å². The van der Waals surface area contributed by atoms with Crippen LogP contribution >= 0.6 is 0 Å². The van der Waals surface area contributed by atoms with Gasteiger partial charge in [-0.05, 0) is 37.5 Å². The highest BCUT2D eigenvalue weighted by Gasteiger charge is 2.33. The van der Waals surface area contributed by atoms with Crippen molar-refractivity contribution >= 4 is 22.6 Å². The van der Waals surface area contributed by atoms with Gasteiger partial charge in [-0.2, -0.15) is 10.1 Å². The van der Waals surface area contributed by atoms with Gasteiger partial charge in [0.15, 0.2) is 0 Å². The smallest absolute Gasteiger partial charge is 0.280 e. The van der Waals surface area contributed by atoms with Crippen LogP contribution in [0.3, 0.4) is 0 Å². The highest BCUT2D eigenvalue weighted by Crippen LogP contribution is 2.34. The predicted molar refractivity (Wildman–Crippen MR) is 112 cm³/mol. The van der Waals surface area contributed by atoms with Crippen molar-refractivity contribution in [2.45, 2.75) is 32.6 Å². The molecule has 1 amide bonds. The topological polar surface area (TPSA) is 89.2 Å². The van der Waals surface area contributed by atoms with Crippen LogP contribution in [-0.4, -0.2) is 53.4 Å². The molecular formula is C22H21F2N7O. The van der Waals surface area contributed by atoms with Crippen molar-refractivity contribution in [1.82, 2.24) is 34.4 Å². The number of carbonyl (C=O) groups is 1. The van der Waals surface area contributed by atoms with Crippen molar-refractivity contribution in [3.05, 3.63) is 59.6 Å². The molecule has 0 radical (unpaired) electrons. The quantitative estimate of drug-likeness (QED) is 0.487. The minimum atomic E-state index is -2.72. The first-order valence-electron chi connectivity index (χ1n) is 10.4. The fourth-order valence-electron chi connectivity index (χ4n) is 4.37. The molecule has 1 aliphatic heterocycles. The van der Waals surface area contributed by atoms with Crippen molar-refractivity contribution in [3.63, 3.8) is 0 Å². The molecule has 10 heteroatoms. The van der Waals surface area contributed by atoms with E-state index < -0.39 is 6.43 Å². The number of nitrogens with zero attached hydrogens (tertiary/aromatic N) is 7. The molecule has 8 nitrogen and oxygen atoms in total. The lowest BCUT2D eigenvalue weighted by Gasteiger charge is -2.37. The van der Waals surface area contributed by atoms with Crippen molar-refractivity contribution in [2.24, 2.45) is 5.92 Å². The summed E-state index contributed by atoms with van der Waals surface area (Å²) >= 11 is 0. The standard InChI is InChI=1S/C22H21F2N7O/c1-12-4-6-30(21(32)15-7-14-9-25-5-3-17(14)28-13(15)2)10-16(12)19-8-18(20(23)24)29-22-26-11-27-31(19)22/h3,5,7-9,11-12,16,20H,4,6,10H2,1-2H3/t12-,16-/m1/s1. The second-order valence-corrected chi connectivity index (χ2v) is 8.19. The van der Waals surface area contributed by atoms with Gasteiger partial charge in [0.05, 0.1) is 22.5 Å². The van der Waals surface area contributed by atoms with Crippen molar-refractivity contribution in [2.75, 3.05) is 13.1 Å². The zero-order valence-corrected chi connectivity index (χ0v) is 17.6. The first-order valence-corrected chi connectivity index (χ1v) is 10.4. The molecule has 0 aliphatic carbocycles. The van der Waals surface area contributed by atoms with Crippen LogP contribution in [0.25, 0.3) is 16.7 Å². The third-order valence-corrected chi connectivity index (χ3v) is 6.18. The van der Waals surface area contributed by atoms with Crippen molar-refractivity contribution in [1.29, 1.82) is 0 Å². The maximum Gasteiger partial charge on any atom is 0.280 e. The number of hydrogen-bond donors (Lipinski definition) is 0. The number of aromatic nitrogens is 6. The zero-order chi connectivity index (χ0) is 22.4. The van der Waals surface area contributed by atoms with Gasteiger partial charge in [0.2, 0.25) is 0 Å². The van der Waals surface area contributed by atoms with Crippen LogP contribution in [0, 0.1) is 12.8 Å². The van der Waals surface area contributed by atoms with Gasteiger partial charge in [-0.15, -0.1) is 0 Å². The number of hydrogen-bond acceptors (Lipinski definition) is 6. The van der Waals surface area contributed by atoms with Crippen molar-refractivity contribution < 1.29 is 13.6 Å². The summed E-state index contributed by atoms with van der Waals surface area (Å²) < 4.78 is 28.4. The highest BCUT2D eigenvalue weighted by molar-refractivity contribution is 5.98. The Kier molecular flexibility index (Phi) is 4.99. The molecule has 5 heterocycles. The van der Waals surface area contributed by atoms with Crippen LogP contribution in [-0.2, 0) is 0 Å². The number of alkyl halides is 2. The van der Waals surface area contributed by atoms with Gasteiger partial charge in [-0.25, -0.2) is 18.3 Å². The predicted octanol–water partition coefficient (Wildman–Crippen LogP) is 3.58. The molecule has 0 unspecified atom stereocenters. The monoisotopic (exact) mass is 437 g/mol. The van der Waals surface area contributed by atoms with E-state index in [1.165, 1.54) is 16.9 Å². The highest BCUT2D eigenvalue weighted by atomic mass is 19.3. The Balaban J connectivity index is 1.50. The Morgan fingerprint density at radius 1 is 1.25 bits per heavy atom. The minimum absolute atomic E-state index is 0.129. The second kappa shape index (κ2) is 7.85. The van der Waals surface area contributed by atoms with E-state index in [1.54, 1.807) is 17.3 Å². The molecule has 1 fully saturated rings. The third kappa shape index (κ3) is 3.45. The SMILES string of the molecule is Cc1nc2ccncc2cc1C(=O)N1CC[C@@H](C)[C@H](c2cc(C(F)F)nc3ncnn23)C1. The first-order chi connectivity index (χ1) is 15.4. The normalized spacial score (nSPS) is 19.2. The number of likely N-dealkylation sites (tertiary alicyclic amines) is 1. The Morgan fingerprint density at radius 3 is 2.91 bits per heavy atom. The van der Waals surface area contributed by atoms with Crippen LogP contribution < -0.4 is 0 Å². The molecule has 32 heavy (non-hydrogen) atoms. The summed E-state index contributed by atoms with van der Waals surface area (Å²) in [7, 11) is 0. The summed E-state index contributed by atoms with van der Waals surface area (Å²) in [6, 6.07) is 5.01. The van der Waals surface area contributed by atoms with Crippen LogP contribution in [0.15, 0.2) is 36.9 Å². The first kappa shape index (κ1) is 20.3. The van der Waals surface area contributed by atoms with Gasteiger partial charge in [-0.1, -0.05) is 6.92 Å². The average molecular weight is 437 g/mol. The summed E-state index contributed by atoms with van der Waals surface area (Å²) in [5.41, 5.74) is 2.20. The fraction of sp³-hybridized carbons (Fsp3) is 0.364. The van der Waals surface area contributed by atoms with E-state index in [2.05, 4.69) is 32.0 Å². The summed E-state index contributed by atoms with van der Waals surface area (Å²) in [4.78, 5) is 31.8. The van der Waals surface area contributed by atoms with Crippen LogP contribution in [0.2, 0.25) is 0 Å². The number of aryl methyl sites for hydroxylation is 1. The lowest BCUT2D eigenvalue weighted by Crippen LogP contribution is -2.43. The molecule has 1 saturated heterocycles. The molecule has 2 atom stereocenters. The van der Waals surface area contributed by atoms with Gasteiger partial charge in [0.25, 0.3) is 18.1 Å². The van der Waals surface area contributed by atoms with Gasteiger partial charge >= 0.3 is 0 Å². The van der Waals surface area contributed by atoms with E-state index in [0.29, 0.717) is 30.0 Å². The summed E-state index contributed by atoms with van der Waals surface area (Å²) in [5.74, 6) is -0.0154. The van der Waals surface area contributed by atoms with Crippen LogP contribution in [0.1, 0.15) is 53.1 Å². The molecule has 4 aromatic heterocycles. The third-order valence-electron chi connectivity index (χ3n) is 6.18. The van der Waals surface area contributed by atoms with Crippen molar-refractivity contribution in [3.8, 4) is 0 Å². The largest absolute Gasteiger partial charge is 0.338 e. The van der Waals surface area contributed by atoms with Gasteiger partial charge in [0, 0.05) is 36.8 Å². The van der Waals surface area contributed by atoms with E-state index in [0.717, 1.165) is 17.3 Å². The lowest BCUT2D eigenvalue weighted by molar-refractivity contribution is 0.0664. The Hall–Kier alpha value is -3.56. The molecule has 0 N–H and O–H groups in total. The lowest BCUT2D eigenvalue weighted by atomic mass is 9.84. The summed E-state index contributed by atoms with van der Waals surface area (Å²) in [6.45, 7) is 4.83. The molecule has 5 rings (SSSR count). The molecule has 4 aromatic rings. The number of fused-ring (bicyclic) bond motifs is 2. The fourth-order valence-corrected chi connectivity index (χ4v) is 4.37. The number of pyridine rings is 2. The number of amides is 1. The van der Waals surface area contributed by atoms with Gasteiger partial charge in [0.1, 0.15) is 12.0 Å². The Labute approximate surface area is 182 Å². The van der Waals surface area contributed by atoms with Crippen LogP contribution in [0.5, 0.6) is 0 Å². The van der Waals surface area contributed by atoms with E-state index in [-0.39, 0.29) is 29.2 Å². The average Bonchev–Trinajstić information content (AvgIpc) is 3.27. The summed E-state index contributed by atoms with van der Waals surface area (Å²) in [6.07, 6.45) is 2.67. The van der Waals surface area contributed by atoms with E-state index in [4.69, 9.17) is 0 Å². The van der Waals surface area contributed by atoms with E-state index >= 15 is 0 Å². The minimum Gasteiger partial charge on any atom is -0.338 e. The number of halogens is 2. The Bertz CT molecular complexity index is 1320. The number of carbonyl (C=O) groups excluding carboxylic acids is 1. The number of rotatable bonds is 3. The molecular weight excluding hydrogens is 416 g/mol. The molecule has 0 spiro atoms. The molecule has 1 aliphatic rings. The molecule has 0 aromatic carbocycles. The number of piperidine rings is 1. The zero-order valence-electron chi connectivity index (χ0n) is 17.6. The maximum atomic E-state index is 13.4. The second-order valence-electron chi connectivity index (χ2n) is 8.19. The molecule has 164 valence electrons. The maximum absolute atomic E-state index is 13.4. The van der Waals surface area contributed by atoms with Gasteiger partial charge in [-0.3, -0.25) is 14.8 Å². The molecule has 0 bridgehead atoms.